The number of carbonyl (C=O) groups is 4. The zero-order chi connectivity index (χ0) is 76.0. The van der Waals surface area contributed by atoms with Crippen LogP contribution in [0.2, 0.25) is 0 Å². The lowest BCUT2D eigenvalue weighted by Gasteiger charge is -2.21. The molecule has 0 amide bonds. The third-order valence-electron chi connectivity index (χ3n) is 19.5. The molecule has 2 unspecified atom stereocenters. The molecule has 3 N–H and O–H groups in total. The Morgan fingerprint density at radius 3 is 0.702 bits per heavy atom. The predicted octanol–water partition coefficient (Wildman–Crippen LogP) is 25.7. The number of phosphoric acid groups is 2. The first-order chi connectivity index (χ1) is 50.7. The first-order valence-electron chi connectivity index (χ1n) is 43.6. The molecule has 104 heavy (non-hydrogen) atoms. The van der Waals surface area contributed by atoms with Crippen molar-refractivity contribution >= 4 is 39.5 Å². The Bertz CT molecular complexity index is 2060. The van der Waals surface area contributed by atoms with E-state index in [1.54, 1.807) is 0 Å². The molecule has 5 atom stereocenters. The highest BCUT2D eigenvalue weighted by atomic mass is 31.2. The molecule has 0 bridgehead atoms. The number of allylic oxidation sites excluding steroid dienone is 4. The van der Waals surface area contributed by atoms with E-state index >= 15 is 0 Å². The SMILES string of the molecule is CCCCCC/C=C\C=C/CCCCCCCC(=O)O[C@H](COC(=O)CCCCCCCCC)COP(=O)(O)OC[C@H](O)COP(=O)(O)OC[C@@H](COC(=O)CCCCCCCCCCCCCCCCCCCCCC)OC(=O)CCCCCCCCCCCCCCCCCCCCCCCC. The first kappa shape index (κ1) is 102. The molecule has 0 spiro atoms. The van der Waals surface area contributed by atoms with Gasteiger partial charge in [-0.15, -0.1) is 0 Å². The molecule has 19 heteroatoms. The zero-order valence-electron chi connectivity index (χ0n) is 67.5. The van der Waals surface area contributed by atoms with Gasteiger partial charge in [0.05, 0.1) is 26.4 Å². The Morgan fingerprint density at radius 1 is 0.269 bits per heavy atom. The molecule has 0 saturated heterocycles. The summed E-state index contributed by atoms with van der Waals surface area (Å²) in [7, 11) is -9.93. The van der Waals surface area contributed by atoms with E-state index in [0.29, 0.717) is 25.7 Å². The van der Waals surface area contributed by atoms with Crippen LogP contribution in [0.5, 0.6) is 0 Å². The Hall–Kier alpha value is -2.46. The van der Waals surface area contributed by atoms with Crippen LogP contribution in [0.4, 0.5) is 0 Å². The molecule has 0 fully saturated rings. The van der Waals surface area contributed by atoms with Gasteiger partial charge < -0.3 is 33.8 Å². The van der Waals surface area contributed by atoms with Crippen molar-refractivity contribution < 1.29 is 80.2 Å². The fourth-order valence-electron chi connectivity index (χ4n) is 12.8. The Morgan fingerprint density at radius 2 is 0.462 bits per heavy atom. The van der Waals surface area contributed by atoms with Crippen molar-refractivity contribution in [2.45, 2.75) is 457 Å². The van der Waals surface area contributed by atoms with Crippen molar-refractivity contribution in [3.8, 4) is 0 Å². The Kier molecular flexibility index (Phi) is 76.8. The second kappa shape index (κ2) is 78.7. The minimum Gasteiger partial charge on any atom is -0.462 e. The third kappa shape index (κ3) is 77.7. The second-order valence-electron chi connectivity index (χ2n) is 29.9. The van der Waals surface area contributed by atoms with E-state index in [1.807, 2.05) is 0 Å². The average molecular weight is 1520 g/mol. The summed E-state index contributed by atoms with van der Waals surface area (Å²) in [6, 6.07) is 0. The minimum absolute atomic E-state index is 0.0853. The van der Waals surface area contributed by atoms with Crippen LogP contribution in [0.15, 0.2) is 24.3 Å². The molecule has 0 aliphatic carbocycles. The van der Waals surface area contributed by atoms with Crippen LogP contribution in [0.25, 0.3) is 0 Å². The fourth-order valence-corrected chi connectivity index (χ4v) is 14.4. The van der Waals surface area contributed by atoms with E-state index in [9.17, 15) is 43.2 Å². The molecule has 0 heterocycles. The van der Waals surface area contributed by atoms with Gasteiger partial charge in [-0.25, -0.2) is 9.13 Å². The van der Waals surface area contributed by atoms with Crippen molar-refractivity contribution in [1.82, 2.24) is 0 Å². The van der Waals surface area contributed by atoms with Crippen LogP contribution in [0.1, 0.15) is 439 Å². The Labute approximate surface area is 637 Å². The number of rotatable bonds is 84. The molecular weight excluding hydrogens is 1350 g/mol. The summed E-state index contributed by atoms with van der Waals surface area (Å²) in [5, 5.41) is 10.6. The molecule has 0 rings (SSSR count). The molecule has 0 aliphatic rings. The summed E-state index contributed by atoms with van der Waals surface area (Å²) in [6.07, 6.45) is 76.2. The van der Waals surface area contributed by atoms with E-state index in [2.05, 4.69) is 52.0 Å². The topological polar surface area (TPSA) is 237 Å². The van der Waals surface area contributed by atoms with Crippen molar-refractivity contribution in [3.63, 3.8) is 0 Å². The van der Waals surface area contributed by atoms with Crippen LogP contribution in [-0.2, 0) is 65.4 Å². The van der Waals surface area contributed by atoms with Crippen LogP contribution < -0.4 is 0 Å². The molecule has 0 aliphatic heterocycles. The highest BCUT2D eigenvalue weighted by molar-refractivity contribution is 7.47. The van der Waals surface area contributed by atoms with Crippen LogP contribution in [-0.4, -0.2) is 96.7 Å². The molecule has 614 valence electrons. The number of phosphoric ester groups is 2. The smallest absolute Gasteiger partial charge is 0.462 e. The normalized spacial score (nSPS) is 13.9. The standard InChI is InChI=1S/C85H162O17P2/c1-5-9-13-17-21-24-27-30-33-35-37-39-40-42-44-47-50-53-56-60-64-68-72-85(90)102-81(76-96-83(88)70-66-62-58-54-51-48-46-43-41-38-36-34-31-28-25-22-18-14-10-6-2)78-100-104(93,94)98-74-79(86)73-97-103(91,92)99-77-80(75-95-82(87)69-65-61-57-20-16-12-8-4)101-84(89)71-67-63-59-55-52-49-45-32-29-26-23-19-15-11-7-3/h26,29,32,45,79-81,86H,5-25,27-28,30-31,33-44,46-78H2,1-4H3,(H,91,92)(H,93,94)/b29-26-,45-32-/t79-,80+,81+/m0/s1. The zero-order valence-corrected chi connectivity index (χ0v) is 69.3. The van der Waals surface area contributed by atoms with Crippen molar-refractivity contribution in [2.75, 3.05) is 39.6 Å². The lowest BCUT2D eigenvalue weighted by Crippen LogP contribution is -2.30. The quantitative estimate of drug-likeness (QED) is 0.0169. The number of aliphatic hydroxyl groups excluding tert-OH is 1. The van der Waals surface area contributed by atoms with Gasteiger partial charge in [0.15, 0.2) is 12.2 Å². The number of aliphatic hydroxyl groups is 1. The number of esters is 4. The van der Waals surface area contributed by atoms with Crippen molar-refractivity contribution in [1.29, 1.82) is 0 Å². The lowest BCUT2D eigenvalue weighted by molar-refractivity contribution is -0.161. The molecule has 0 aromatic heterocycles. The molecule has 0 aromatic carbocycles. The first-order valence-corrected chi connectivity index (χ1v) is 46.6. The second-order valence-corrected chi connectivity index (χ2v) is 32.8. The summed E-state index contributed by atoms with van der Waals surface area (Å²) >= 11 is 0. The van der Waals surface area contributed by atoms with Gasteiger partial charge in [-0.2, -0.15) is 0 Å². The summed E-state index contributed by atoms with van der Waals surface area (Å²) in [5.41, 5.74) is 0. The fraction of sp³-hybridized carbons (Fsp3) is 0.906. The van der Waals surface area contributed by atoms with Gasteiger partial charge in [-0.3, -0.25) is 37.3 Å². The number of hydrogen-bond donors (Lipinski definition) is 3. The molecule has 0 aromatic rings. The third-order valence-corrected chi connectivity index (χ3v) is 21.4. The van der Waals surface area contributed by atoms with Crippen LogP contribution in [0, 0.1) is 0 Å². The van der Waals surface area contributed by atoms with Crippen LogP contribution in [0.3, 0.4) is 0 Å². The van der Waals surface area contributed by atoms with Gasteiger partial charge in [0, 0.05) is 25.7 Å². The maximum atomic E-state index is 13.1. The summed E-state index contributed by atoms with van der Waals surface area (Å²) in [5.74, 6) is -2.14. The molecule has 0 saturated carbocycles. The number of ether oxygens (including phenoxy) is 4. The van der Waals surface area contributed by atoms with E-state index in [1.165, 1.54) is 244 Å². The van der Waals surface area contributed by atoms with Crippen molar-refractivity contribution in [3.05, 3.63) is 24.3 Å². The Balaban J connectivity index is 5.18. The van der Waals surface area contributed by atoms with E-state index in [0.717, 1.165) is 116 Å². The van der Waals surface area contributed by atoms with Gasteiger partial charge >= 0.3 is 39.5 Å². The van der Waals surface area contributed by atoms with Gasteiger partial charge in [-0.05, 0) is 51.4 Å². The maximum absolute atomic E-state index is 13.1. The summed E-state index contributed by atoms with van der Waals surface area (Å²) in [6.45, 7) is 4.93. The average Bonchev–Trinajstić information content (AvgIpc) is 0.942. The number of carbonyl (C=O) groups excluding carboxylic acids is 4. The minimum atomic E-state index is -4.97. The van der Waals surface area contributed by atoms with Gasteiger partial charge in [0.1, 0.15) is 19.3 Å². The largest absolute Gasteiger partial charge is 0.472 e. The molecule has 0 radical (unpaired) electrons. The van der Waals surface area contributed by atoms with E-state index in [-0.39, 0.29) is 25.7 Å². The maximum Gasteiger partial charge on any atom is 0.472 e. The van der Waals surface area contributed by atoms with Gasteiger partial charge in [-0.1, -0.05) is 386 Å². The van der Waals surface area contributed by atoms with Crippen LogP contribution >= 0.6 is 15.6 Å². The molecular formula is C85H162O17P2. The van der Waals surface area contributed by atoms with E-state index in [4.69, 9.17) is 37.0 Å². The molecule has 17 nitrogen and oxygen atoms in total. The highest BCUT2D eigenvalue weighted by Crippen LogP contribution is 2.45. The van der Waals surface area contributed by atoms with E-state index < -0.39 is 97.5 Å². The number of hydrogen-bond acceptors (Lipinski definition) is 15. The highest BCUT2D eigenvalue weighted by Gasteiger charge is 2.30. The lowest BCUT2D eigenvalue weighted by atomic mass is 10.0. The van der Waals surface area contributed by atoms with Gasteiger partial charge in [0.25, 0.3) is 0 Å². The summed E-state index contributed by atoms with van der Waals surface area (Å²) in [4.78, 5) is 73.0. The number of unbranched alkanes of at least 4 members (excludes halogenated alkanes) is 55. The van der Waals surface area contributed by atoms with Gasteiger partial charge in [0.2, 0.25) is 0 Å². The predicted molar refractivity (Wildman–Crippen MR) is 428 cm³/mol. The van der Waals surface area contributed by atoms with Crippen molar-refractivity contribution in [2.24, 2.45) is 0 Å². The summed E-state index contributed by atoms with van der Waals surface area (Å²) < 4.78 is 68.6. The monoisotopic (exact) mass is 1520 g/mol.